The molecule has 104 valence electrons. The molecular formula is C15H12BrCl2NO. The Morgan fingerprint density at radius 2 is 1.70 bits per heavy atom. The molecule has 2 aromatic rings. The van der Waals surface area contributed by atoms with Crippen molar-refractivity contribution in [1.82, 2.24) is 0 Å². The normalized spacial score (nSPS) is 11.2. The number of hydrogen-bond donors (Lipinski definition) is 1. The molecule has 0 heterocycles. The lowest BCUT2D eigenvalue weighted by molar-refractivity contribution is 0.470. The highest BCUT2D eigenvalue weighted by atomic mass is 79.9. The molecule has 0 fully saturated rings. The van der Waals surface area contributed by atoms with E-state index in [4.69, 9.17) is 23.2 Å². The van der Waals surface area contributed by atoms with Crippen LogP contribution in [0, 0.1) is 13.8 Å². The molecule has 2 rings (SSSR count). The Balaban J connectivity index is 2.46. The first kappa shape index (κ1) is 15.4. The second-order valence-corrected chi connectivity index (χ2v) is 5.98. The van der Waals surface area contributed by atoms with Crippen LogP contribution in [-0.4, -0.2) is 11.3 Å². The minimum Gasteiger partial charge on any atom is -0.506 e. The first-order chi connectivity index (χ1) is 9.41. The molecule has 0 bridgehead atoms. The fourth-order valence-corrected chi connectivity index (χ4v) is 2.64. The van der Waals surface area contributed by atoms with Gasteiger partial charge in [0.2, 0.25) is 0 Å². The molecule has 0 unspecified atom stereocenters. The molecule has 0 aliphatic carbocycles. The summed E-state index contributed by atoms with van der Waals surface area (Å²) in [5.74, 6) is 0.141. The maximum atomic E-state index is 10.2. The molecule has 2 aromatic carbocycles. The van der Waals surface area contributed by atoms with Crippen LogP contribution in [0.5, 0.6) is 5.75 Å². The number of halogens is 3. The number of nitrogens with zero attached hydrogens (tertiary/aromatic N) is 1. The summed E-state index contributed by atoms with van der Waals surface area (Å²) in [6.45, 7) is 3.70. The Morgan fingerprint density at radius 3 is 2.30 bits per heavy atom. The van der Waals surface area contributed by atoms with Gasteiger partial charge >= 0.3 is 0 Å². The number of aliphatic imine (C=N–C) groups is 1. The molecular weight excluding hydrogens is 361 g/mol. The van der Waals surface area contributed by atoms with Crippen molar-refractivity contribution in [3.05, 3.63) is 55.5 Å². The van der Waals surface area contributed by atoms with Crippen LogP contribution in [0.4, 0.5) is 5.69 Å². The fraction of sp³-hybridized carbons (Fsp3) is 0.133. The van der Waals surface area contributed by atoms with Crippen molar-refractivity contribution in [3.63, 3.8) is 0 Å². The molecule has 5 heteroatoms. The van der Waals surface area contributed by atoms with Gasteiger partial charge in [-0.05, 0) is 65.2 Å². The summed E-state index contributed by atoms with van der Waals surface area (Å²) in [5, 5.41) is 11.5. The van der Waals surface area contributed by atoms with Gasteiger partial charge in [0.25, 0.3) is 0 Å². The molecule has 0 aliphatic heterocycles. The average molecular weight is 373 g/mol. The Hall–Kier alpha value is -1.03. The van der Waals surface area contributed by atoms with Gasteiger partial charge in [0.1, 0.15) is 5.75 Å². The van der Waals surface area contributed by atoms with Crippen LogP contribution in [0.1, 0.15) is 16.7 Å². The van der Waals surface area contributed by atoms with E-state index in [1.54, 1.807) is 30.5 Å². The molecule has 0 spiro atoms. The molecule has 0 amide bonds. The molecule has 20 heavy (non-hydrogen) atoms. The van der Waals surface area contributed by atoms with Crippen molar-refractivity contribution in [2.45, 2.75) is 13.8 Å². The van der Waals surface area contributed by atoms with Gasteiger partial charge < -0.3 is 5.11 Å². The van der Waals surface area contributed by atoms with Gasteiger partial charge in [-0.1, -0.05) is 23.2 Å². The Kier molecular flexibility index (Phi) is 4.74. The number of phenols is 1. The quantitative estimate of drug-likeness (QED) is 0.661. The molecule has 2 nitrogen and oxygen atoms in total. The highest BCUT2D eigenvalue weighted by Gasteiger charge is 2.15. The lowest BCUT2D eigenvalue weighted by Gasteiger charge is -2.11. The first-order valence-electron chi connectivity index (χ1n) is 5.88. The third-order valence-electron chi connectivity index (χ3n) is 3.02. The molecule has 0 saturated carbocycles. The second-order valence-electron chi connectivity index (χ2n) is 4.37. The van der Waals surface area contributed by atoms with Gasteiger partial charge in [-0.15, -0.1) is 0 Å². The van der Waals surface area contributed by atoms with Gasteiger partial charge in [-0.2, -0.15) is 0 Å². The summed E-state index contributed by atoms with van der Waals surface area (Å²) in [6.07, 6.45) is 1.60. The average Bonchev–Trinajstić information content (AvgIpc) is 2.45. The van der Waals surface area contributed by atoms with E-state index in [0.717, 1.165) is 16.8 Å². The molecule has 1 N–H and O–H groups in total. The van der Waals surface area contributed by atoms with Crippen LogP contribution >= 0.6 is 39.1 Å². The van der Waals surface area contributed by atoms with E-state index < -0.39 is 0 Å². The lowest BCUT2D eigenvalue weighted by atomic mass is 10.0. The molecule has 0 aromatic heterocycles. The summed E-state index contributed by atoms with van der Waals surface area (Å²) in [6, 6.07) is 7.13. The zero-order valence-corrected chi connectivity index (χ0v) is 14.0. The molecule has 0 radical (unpaired) electrons. The van der Waals surface area contributed by atoms with Crippen molar-refractivity contribution >= 4 is 51.0 Å². The van der Waals surface area contributed by atoms with Crippen molar-refractivity contribution in [1.29, 1.82) is 0 Å². The van der Waals surface area contributed by atoms with Crippen LogP contribution in [0.15, 0.2) is 33.7 Å². The predicted molar refractivity (Wildman–Crippen MR) is 89.0 cm³/mol. The SMILES string of the molecule is Cc1c(Cl)c(C)c(C=Nc2ccc(Cl)cc2)c(O)c1Br. The summed E-state index contributed by atoms with van der Waals surface area (Å²) in [4.78, 5) is 4.33. The highest BCUT2D eigenvalue weighted by Crippen LogP contribution is 2.38. The second kappa shape index (κ2) is 6.17. The smallest absolute Gasteiger partial charge is 0.139 e. The van der Waals surface area contributed by atoms with E-state index in [2.05, 4.69) is 20.9 Å². The minimum atomic E-state index is 0.141. The van der Waals surface area contributed by atoms with Gasteiger partial charge in [0, 0.05) is 21.8 Å². The van der Waals surface area contributed by atoms with Crippen LogP contribution in [0.3, 0.4) is 0 Å². The number of rotatable bonds is 2. The first-order valence-corrected chi connectivity index (χ1v) is 7.43. The topological polar surface area (TPSA) is 32.6 Å². The van der Waals surface area contributed by atoms with E-state index in [-0.39, 0.29) is 5.75 Å². The summed E-state index contributed by atoms with van der Waals surface area (Å²) >= 11 is 15.4. The van der Waals surface area contributed by atoms with E-state index in [0.29, 0.717) is 20.1 Å². The maximum absolute atomic E-state index is 10.2. The van der Waals surface area contributed by atoms with Crippen LogP contribution in [0.25, 0.3) is 0 Å². The van der Waals surface area contributed by atoms with Gasteiger partial charge in [-0.3, -0.25) is 4.99 Å². The molecule has 0 saturated heterocycles. The summed E-state index contributed by atoms with van der Waals surface area (Å²) < 4.78 is 0.589. The summed E-state index contributed by atoms with van der Waals surface area (Å²) in [5.41, 5.74) is 2.95. The van der Waals surface area contributed by atoms with Gasteiger partial charge in [0.15, 0.2) is 0 Å². The number of phenolic OH excluding ortho intramolecular Hbond substituents is 1. The molecule has 0 aliphatic rings. The highest BCUT2D eigenvalue weighted by molar-refractivity contribution is 9.10. The maximum Gasteiger partial charge on any atom is 0.139 e. The van der Waals surface area contributed by atoms with Crippen molar-refractivity contribution < 1.29 is 5.11 Å². The Morgan fingerprint density at radius 1 is 1.10 bits per heavy atom. The Labute approximate surface area is 136 Å². The van der Waals surface area contributed by atoms with E-state index in [1.807, 2.05) is 13.8 Å². The number of aromatic hydroxyl groups is 1. The van der Waals surface area contributed by atoms with Crippen molar-refractivity contribution in [2.75, 3.05) is 0 Å². The van der Waals surface area contributed by atoms with E-state index in [9.17, 15) is 5.11 Å². The Bertz CT molecular complexity index is 652. The van der Waals surface area contributed by atoms with Gasteiger partial charge in [-0.25, -0.2) is 0 Å². The monoisotopic (exact) mass is 371 g/mol. The molecule has 0 atom stereocenters. The number of hydrogen-bond acceptors (Lipinski definition) is 2. The third kappa shape index (κ3) is 3.00. The van der Waals surface area contributed by atoms with Crippen LogP contribution in [-0.2, 0) is 0 Å². The predicted octanol–water partition coefficient (Wildman–Crippen LogP) is 5.83. The zero-order valence-electron chi connectivity index (χ0n) is 10.9. The zero-order chi connectivity index (χ0) is 14.9. The van der Waals surface area contributed by atoms with Crippen LogP contribution in [0.2, 0.25) is 10.0 Å². The summed E-state index contributed by atoms with van der Waals surface area (Å²) in [7, 11) is 0. The van der Waals surface area contributed by atoms with E-state index >= 15 is 0 Å². The van der Waals surface area contributed by atoms with Crippen LogP contribution < -0.4 is 0 Å². The minimum absolute atomic E-state index is 0.141. The largest absolute Gasteiger partial charge is 0.506 e. The van der Waals surface area contributed by atoms with Crippen molar-refractivity contribution in [2.24, 2.45) is 4.99 Å². The van der Waals surface area contributed by atoms with E-state index in [1.165, 1.54) is 0 Å². The van der Waals surface area contributed by atoms with Crippen molar-refractivity contribution in [3.8, 4) is 5.75 Å². The van der Waals surface area contributed by atoms with Gasteiger partial charge in [0.05, 0.1) is 10.2 Å². The fourth-order valence-electron chi connectivity index (χ4n) is 1.79. The number of benzene rings is 2. The third-order valence-corrected chi connectivity index (χ3v) is 4.81. The standard InChI is InChI=1S/C15H12BrCl2NO/c1-8-12(15(20)13(16)9(2)14(8)18)7-19-11-5-3-10(17)4-6-11/h3-7,20H,1-2H3. The lowest BCUT2D eigenvalue weighted by Crippen LogP contribution is -1.94.